The summed E-state index contributed by atoms with van der Waals surface area (Å²) >= 11 is 3.37. The Balaban J connectivity index is 2.76. The molecule has 1 aromatic carbocycles. The summed E-state index contributed by atoms with van der Waals surface area (Å²) in [6, 6.07) is 5.51. The van der Waals surface area contributed by atoms with Crippen molar-refractivity contribution in [2.24, 2.45) is 5.92 Å². The molecule has 0 heterocycles. The van der Waals surface area contributed by atoms with E-state index in [0.717, 1.165) is 22.2 Å². The van der Waals surface area contributed by atoms with Gasteiger partial charge in [0.1, 0.15) is 0 Å². The maximum absolute atomic E-state index is 12.1. The third-order valence-corrected chi connectivity index (χ3v) is 4.65. The van der Waals surface area contributed by atoms with Crippen LogP contribution in [-0.4, -0.2) is 9.96 Å². The number of hydrogen-bond acceptors (Lipinski definition) is 2. The molecule has 0 saturated heterocycles. The maximum Gasteiger partial charge on any atom is 0.0628 e. The fourth-order valence-corrected chi connectivity index (χ4v) is 3.59. The minimum Gasteiger partial charge on any atom is -0.398 e. The molecule has 0 spiro atoms. The van der Waals surface area contributed by atoms with Crippen LogP contribution in [0.5, 0.6) is 0 Å². The van der Waals surface area contributed by atoms with E-state index in [1.807, 2.05) is 12.1 Å². The van der Waals surface area contributed by atoms with Gasteiger partial charge in [0.05, 0.1) is 15.7 Å². The van der Waals surface area contributed by atoms with Crippen LogP contribution in [0.4, 0.5) is 5.69 Å². The third-order valence-electron chi connectivity index (χ3n) is 2.44. The quantitative estimate of drug-likeness (QED) is 0.845. The molecule has 0 aliphatic rings. The van der Waals surface area contributed by atoms with E-state index in [1.54, 1.807) is 6.07 Å². The molecule has 0 fully saturated rings. The van der Waals surface area contributed by atoms with Crippen molar-refractivity contribution in [3.63, 3.8) is 0 Å². The highest BCUT2D eigenvalue weighted by molar-refractivity contribution is 9.10. The highest BCUT2D eigenvalue weighted by Gasteiger charge is 2.12. The molecule has 2 atom stereocenters. The van der Waals surface area contributed by atoms with Gasteiger partial charge in [-0.05, 0) is 24.1 Å². The first-order valence-electron chi connectivity index (χ1n) is 5.48. The summed E-state index contributed by atoms with van der Waals surface area (Å²) in [7, 11) is -0.992. The highest BCUT2D eigenvalue weighted by Crippen LogP contribution is 2.23. The van der Waals surface area contributed by atoms with Crippen molar-refractivity contribution < 1.29 is 4.21 Å². The van der Waals surface area contributed by atoms with Gasteiger partial charge in [0.2, 0.25) is 0 Å². The van der Waals surface area contributed by atoms with Crippen LogP contribution in [0.25, 0.3) is 0 Å². The Hall–Kier alpha value is -0.350. The van der Waals surface area contributed by atoms with E-state index in [1.165, 1.54) is 0 Å². The lowest BCUT2D eigenvalue weighted by molar-refractivity contribution is 0.574. The minimum absolute atomic E-state index is 0.476. The second-order valence-corrected chi connectivity index (χ2v) is 6.47. The molecule has 0 aliphatic carbocycles. The second kappa shape index (κ2) is 6.40. The molecular formula is C12H18BrNOS. The van der Waals surface area contributed by atoms with E-state index in [0.29, 0.717) is 17.4 Å². The summed E-state index contributed by atoms with van der Waals surface area (Å²) in [6.07, 6.45) is 2.24. The van der Waals surface area contributed by atoms with Crippen LogP contribution < -0.4 is 5.73 Å². The fourth-order valence-electron chi connectivity index (χ4n) is 1.63. The first-order chi connectivity index (χ1) is 7.54. The molecule has 2 unspecified atom stereocenters. The number of rotatable bonds is 5. The van der Waals surface area contributed by atoms with Gasteiger partial charge in [-0.3, -0.25) is 4.21 Å². The highest BCUT2D eigenvalue weighted by atomic mass is 79.9. The van der Waals surface area contributed by atoms with Crippen LogP contribution in [0, 0.1) is 5.92 Å². The first-order valence-corrected chi connectivity index (χ1v) is 7.59. The van der Waals surface area contributed by atoms with E-state index in [4.69, 9.17) is 5.73 Å². The molecule has 0 saturated carbocycles. The minimum atomic E-state index is -0.992. The molecule has 1 rings (SSSR count). The summed E-state index contributed by atoms with van der Waals surface area (Å²) in [6.45, 7) is 4.28. The van der Waals surface area contributed by atoms with Gasteiger partial charge in [-0.2, -0.15) is 0 Å². The monoisotopic (exact) mass is 303 g/mol. The zero-order chi connectivity index (χ0) is 12.1. The number of anilines is 1. The normalized spacial score (nSPS) is 14.7. The van der Waals surface area contributed by atoms with E-state index in [2.05, 4.69) is 29.8 Å². The standard InChI is InChI=1S/C12H18BrNOS/c1-3-4-9(2)8-16(15)12-7-10(13)5-6-11(12)14/h5-7,9H,3-4,8,14H2,1-2H3. The van der Waals surface area contributed by atoms with Crippen molar-refractivity contribution >= 4 is 32.4 Å². The molecule has 2 nitrogen and oxygen atoms in total. The molecule has 0 amide bonds. The van der Waals surface area contributed by atoms with E-state index in [-0.39, 0.29) is 0 Å². The Bertz CT molecular complexity index is 381. The van der Waals surface area contributed by atoms with Crippen molar-refractivity contribution in [1.29, 1.82) is 0 Å². The van der Waals surface area contributed by atoms with Crippen LogP contribution in [0.3, 0.4) is 0 Å². The molecule has 0 radical (unpaired) electrons. The smallest absolute Gasteiger partial charge is 0.0628 e. The molecule has 90 valence electrons. The average Bonchev–Trinajstić information content (AvgIpc) is 2.21. The van der Waals surface area contributed by atoms with E-state index in [9.17, 15) is 4.21 Å². The van der Waals surface area contributed by atoms with Crippen molar-refractivity contribution in [3.8, 4) is 0 Å². The summed E-state index contributed by atoms with van der Waals surface area (Å²) in [5.74, 6) is 1.17. The summed E-state index contributed by atoms with van der Waals surface area (Å²) in [5.41, 5.74) is 6.44. The Morgan fingerprint density at radius 1 is 1.50 bits per heavy atom. The van der Waals surface area contributed by atoms with Crippen molar-refractivity contribution in [2.45, 2.75) is 31.6 Å². The first kappa shape index (κ1) is 13.7. The van der Waals surface area contributed by atoms with E-state index >= 15 is 0 Å². The van der Waals surface area contributed by atoms with Crippen molar-refractivity contribution in [2.75, 3.05) is 11.5 Å². The fraction of sp³-hybridized carbons (Fsp3) is 0.500. The summed E-state index contributed by atoms with van der Waals surface area (Å²) in [5, 5.41) is 0. The lowest BCUT2D eigenvalue weighted by Crippen LogP contribution is -2.09. The molecule has 4 heteroatoms. The molecule has 0 aromatic heterocycles. The number of nitrogens with two attached hydrogens (primary N) is 1. The lowest BCUT2D eigenvalue weighted by Gasteiger charge is -2.11. The topological polar surface area (TPSA) is 43.1 Å². The van der Waals surface area contributed by atoms with Gasteiger partial charge in [0.25, 0.3) is 0 Å². The molecule has 16 heavy (non-hydrogen) atoms. The van der Waals surface area contributed by atoms with Crippen LogP contribution in [-0.2, 0) is 10.8 Å². The van der Waals surface area contributed by atoms with Crippen molar-refractivity contribution in [1.82, 2.24) is 0 Å². The van der Waals surface area contributed by atoms with Gasteiger partial charge < -0.3 is 5.73 Å². The summed E-state index contributed by atoms with van der Waals surface area (Å²) < 4.78 is 13.0. The number of benzene rings is 1. The zero-order valence-electron chi connectivity index (χ0n) is 9.70. The number of halogens is 1. The largest absolute Gasteiger partial charge is 0.398 e. The predicted molar refractivity (Wildman–Crippen MR) is 73.9 cm³/mol. The second-order valence-electron chi connectivity index (χ2n) is 4.09. The average molecular weight is 304 g/mol. The predicted octanol–water partition coefficient (Wildman–Crippen LogP) is 3.58. The van der Waals surface area contributed by atoms with Crippen LogP contribution in [0.2, 0.25) is 0 Å². The number of nitrogen functional groups attached to an aromatic ring is 1. The molecule has 0 aliphatic heterocycles. The van der Waals surface area contributed by atoms with Crippen molar-refractivity contribution in [3.05, 3.63) is 22.7 Å². The van der Waals surface area contributed by atoms with Gasteiger partial charge >= 0.3 is 0 Å². The summed E-state index contributed by atoms with van der Waals surface area (Å²) in [4.78, 5) is 0.748. The molecule has 0 bridgehead atoms. The molecular weight excluding hydrogens is 286 g/mol. The third kappa shape index (κ3) is 3.91. The van der Waals surface area contributed by atoms with E-state index < -0.39 is 10.8 Å². The Morgan fingerprint density at radius 3 is 2.81 bits per heavy atom. The van der Waals surface area contributed by atoms with Gasteiger partial charge in [-0.15, -0.1) is 0 Å². The maximum atomic E-state index is 12.1. The SMILES string of the molecule is CCCC(C)CS(=O)c1cc(Br)ccc1N. The molecule has 1 aromatic rings. The van der Waals surface area contributed by atoms with Gasteiger partial charge in [0, 0.05) is 15.9 Å². The number of hydrogen-bond donors (Lipinski definition) is 1. The van der Waals surface area contributed by atoms with Crippen LogP contribution in [0.1, 0.15) is 26.7 Å². The van der Waals surface area contributed by atoms with Crippen LogP contribution >= 0.6 is 15.9 Å². The Morgan fingerprint density at radius 2 is 2.19 bits per heavy atom. The lowest BCUT2D eigenvalue weighted by atomic mass is 10.1. The van der Waals surface area contributed by atoms with Gasteiger partial charge in [0.15, 0.2) is 0 Å². The zero-order valence-corrected chi connectivity index (χ0v) is 12.1. The molecule has 2 N–H and O–H groups in total. The van der Waals surface area contributed by atoms with Crippen LogP contribution in [0.15, 0.2) is 27.6 Å². The Labute approximate surface area is 108 Å². The Kier molecular flexibility index (Phi) is 5.49. The van der Waals surface area contributed by atoms with Gasteiger partial charge in [-0.1, -0.05) is 42.6 Å². The van der Waals surface area contributed by atoms with Gasteiger partial charge in [-0.25, -0.2) is 0 Å².